The van der Waals surface area contributed by atoms with Crippen LogP contribution < -0.4 is 9.47 Å². The lowest BCUT2D eigenvalue weighted by atomic mass is 9.88. The van der Waals surface area contributed by atoms with E-state index in [2.05, 4.69) is 6.92 Å². The number of rotatable bonds is 8. The smallest absolute Gasteiger partial charge is 0.320 e. The molecule has 2 aromatic carbocycles. The average Bonchev–Trinajstić information content (AvgIpc) is 3.28. The van der Waals surface area contributed by atoms with E-state index in [0.29, 0.717) is 24.5 Å². The van der Waals surface area contributed by atoms with Crippen LogP contribution >= 0.6 is 0 Å². The molecule has 0 aromatic heterocycles. The molecule has 2 aliphatic heterocycles. The maximum atomic E-state index is 13.3. The fourth-order valence-electron chi connectivity index (χ4n) is 3.70. The van der Waals surface area contributed by atoms with Crippen molar-refractivity contribution in [1.82, 2.24) is 0 Å². The Morgan fingerprint density at radius 2 is 1.91 bits per heavy atom. The van der Waals surface area contributed by atoms with E-state index in [0.717, 1.165) is 18.4 Å². The Labute approximate surface area is 186 Å². The van der Waals surface area contributed by atoms with Gasteiger partial charge in [0.2, 0.25) is 6.29 Å². The number of hydrogen-bond donors (Lipinski definition) is 0. The fraction of sp³-hybridized carbons (Fsp3) is 0.360. The Kier molecular flexibility index (Phi) is 6.63. The Balaban J connectivity index is 1.53. The Bertz CT molecular complexity index is 999. The molecule has 0 spiro atoms. The SMILES string of the molecule is CCCCOc1ccc2c(c1)C(=O)C(C(=O)OC)C(C1=COC(Cc3ccccc3)O1)O2. The summed E-state index contributed by atoms with van der Waals surface area (Å²) in [7, 11) is 1.24. The predicted octanol–water partition coefficient (Wildman–Crippen LogP) is 4.06. The van der Waals surface area contributed by atoms with E-state index in [9.17, 15) is 9.59 Å². The zero-order valence-corrected chi connectivity index (χ0v) is 18.1. The second-order valence-corrected chi connectivity index (χ2v) is 7.66. The van der Waals surface area contributed by atoms with Crippen LogP contribution in [0, 0.1) is 5.92 Å². The molecule has 0 saturated heterocycles. The van der Waals surface area contributed by atoms with Crippen molar-refractivity contribution in [2.45, 2.75) is 38.6 Å². The zero-order valence-electron chi connectivity index (χ0n) is 18.1. The lowest BCUT2D eigenvalue weighted by molar-refractivity contribution is -0.147. The number of esters is 1. The third kappa shape index (κ3) is 4.56. The molecule has 32 heavy (non-hydrogen) atoms. The van der Waals surface area contributed by atoms with Crippen LogP contribution in [0.15, 0.2) is 60.6 Å². The van der Waals surface area contributed by atoms with E-state index >= 15 is 0 Å². The van der Waals surface area contributed by atoms with Gasteiger partial charge in [-0.05, 0) is 30.2 Å². The monoisotopic (exact) mass is 438 g/mol. The van der Waals surface area contributed by atoms with Crippen molar-refractivity contribution >= 4 is 11.8 Å². The topological polar surface area (TPSA) is 80.3 Å². The normalized spacial score (nSPS) is 21.5. The first-order chi connectivity index (χ1) is 15.6. The highest BCUT2D eigenvalue weighted by molar-refractivity contribution is 6.12. The molecule has 2 aromatic rings. The molecule has 4 rings (SSSR count). The molecule has 7 nitrogen and oxygen atoms in total. The van der Waals surface area contributed by atoms with Crippen LogP contribution in [-0.4, -0.2) is 37.9 Å². The van der Waals surface area contributed by atoms with Gasteiger partial charge < -0.3 is 23.7 Å². The maximum Gasteiger partial charge on any atom is 0.320 e. The zero-order chi connectivity index (χ0) is 22.5. The highest BCUT2D eigenvalue weighted by Crippen LogP contribution is 2.38. The quantitative estimate of drug-likeness (QED) is 0.349. The minimum absolute atomic E-state index is 0.281. The molecule has 0 amide bonds. The van der Waals surface area contributed by atoms with Gasteiger partial charge in [-0.1, -0.05) is 43.7 Å². The second-order valence-electron chi connectivity index (χ2n) is 7.66. The largest absolute Gasteiger partial charge is 0.494 e. The minimum atomic E-state index is -1.20. The summed E-state index contributed by atoms with van der Waals surface area (Å²) in [6.45, 7) is 2.62. The number of carbonyl (C=O) groups excluding carboxylic acids is 2. The molecule has 2 aliphatic rings. The van der Waals surface area contributed by atoms with Crippen molar-refractivity contribution in [3.8, 4) is 11.5 Å². The van der Waals surface area contributed by atoms with E-state index in [1.807, 2.05) is 30.3 Å². The van der Waals surface area contributed by atoms with Crippen molar-refractivity contribution in [2.24, 2.45) is 5.92 Å². The van der Waals surface area contributed by atoms with Crippen LogP contribution in [0.25, 0.3) is 0 Å². The fourth-order valence-corrected chi connectivity index (χ4v) is 3.70. The molecule has 0 bridgehead atoms. The van der Waals surface area contributed by atoms with E-state index < -0.39 is 30.1 Å². The van der Waals surface area contributed by atoms with Crippen molar-refractivity contribution in [3.05, 3.63) is 71.7 Å². The Hall–Kier alpha value is -3.48. The van der Waals surface area contributed by atoms with Crippen molar-refractivity contribution < 1.29 is 33.3 Å². The number of ketones is 1. The third-order valence-electron chi connectivity index (χ3n) is 5.41. The molecule has 7 heteroatoms. The van der Waals surface area contributed by atoms with Gasteiger partial charge in [0.15, 0.2) is 23.6 Å². The number of hydrogen-bond acceptors (Lipinski definition) is 7. The van der Waals surface area contributed by atoms with Crippen molar-refractivity contribution in [3.63, 3.8) is 0 Å². The van der Waals surface area contributed by atoms with Gasteiger partial charge in [-0.3, -0.25) is 9.59 Å². The maximum absolute atomic E-state index is 13.3. The van der Waals surface area contributed by atoms with Gasteiger partial charge in [0.1, 0.15) is 17.8 Å². The number of unbranched alkanes of at least 4 members (excludes halogenated alkanes) is 1. The van der Waals surface area contributed by atoms with E-state index in [1.54, 1.807) is 18.2 Å². The summed E-state index contributed by atoms with van der Waals surface area (Å²) in [5.41, 5.74) is 1.32. The van der Waals surface area contributed by atoms with E-state index in [-0.39, 0.29) is 11.3 Å². The molecule has 3 atom stereocenters. The molecule has 2 heterocycles. The van der Waals surface area contributed by atoms with Crippen LogP contribution in [0.1, 0.15) is 35.7 Å². The van der Waals surface area contributed by atoms with Crippen LogP contribution in [0.2, 0.25) is 0 Å². The molecule has 0 fully saturated rings. The van der Waals surface area contributed by atoms with Crippen LogP contribution in [0.3, 0.4) is 0 Å². The first-order valence-electron chi connectivity index (χ1n) is 10.7. The minimum Gasteiger partial charge on any atom is -0.494 e. The highest BCUT2D eigenvalue weighted by atomic mass is 16.7. The molecule has 0 N–H and O–H groups in total. The summed E-state index contributed by atoms with van der Waals surface area (Å²) < 4.78 is 28.2. The van der Waals surface area contributed by atoms with Gasteiger partial charge in [0, 0.05) is 6.42 Å². The third-order valence-corrected chi connectivity index (χ3v) is 5.41. The number of benzene rings is 2. The summed E-state index contributed by atoms with van der Waals surface area (Å²) in [5, 5.41) is 0. The first kappa shape index (κ1) is 21.7. The van der Waals surface area contributed by atoms with Gasteiger partial charge in [-0.25, -0.2) is 0 Å². The van der Waals surface area contributed by atoms with Crippen LogP contribution in [-0.2, 0) is 25.4 Å². The molecule has 3 unspecified atom stereocenters. The van der Waals surface area contributed by atoms with Gasteiger partial charge in [0.25, 0.3) is 0 Å². The van der Waals surface area contributed by atoms with Crippen LogP contribution in [0.4, 0.5) is 0 Å². The molecule has 168 valence electrons. The second kappa shape index (κ2) is 9.77. The van der Waals surface area contributed by atoms with Gasteiger partial charge >= 0.3 is 5.97 Å². The lowest BCUT2D eigenvalue weighted by Gasteiger charge is -2.31. The van der Waals surface area contributed by atoms with Crippen LogP contribution in [0.5, 0.6) is 11.5 Å². The highest BCUT2D eigenvalue weighted by Gasteiger charge is 2.47. The lowest BCUT2D eigenvalue weighted by Crippen LogP contribution is -2.44. The van der Waals surface area contributed by atoms with Gasteiger partial charge in [-0.15, -0.1) is 0 Å². The van der Waals surface area contributed by atoms with E-state index in [4.69, 9.17) is 23.7 Å². The van der Waals surface area contributed by atoms with Crippen molar-refractivity contribution in [2.75, 3.05) is 13.7 Å². The molecule has 0 saturated carbocycles. The number of fused-ring (bicyclic) bond motifs is 1. The molecular weight excluding hydrogens is 412 g/mol. The standard InChI is InChI=1S/C25H26O7/c1-3-4-12-29-17-10-11-19-18(14-17)23(26)22(25(27)28-2)24(32-19)20-15-30-21(31-20)13-16-8-6-5-7-9-16/h5-11,14-15,21-22,24H,3-4,12-13H2,1-2H3. The number of ether oxygens (including phenoxy) is 5. The summed E-state index contributed by atoms with van der Waals surface area (Å²) in [6.07, 6.45) is 2.29. The number of carbonyl (C=O) groups is 2. The van der Waals surface area contributed by atoms with Gasteiger partial charge in [-0.2, -0.15) is 0 Å². The van der Waals surface area contributed by atoms with Crippen molar-refractivity contribution in [1.29, 1.82) is 0 Å². The molecule has 0 aliphatic carbocycles. The average molecular weight is 438 g/mol. The Morgan fingerprint density at radius 1 is 1.09 bits per heavy atom. The molecule has 0 radical (unpaired) electrons. The Morgan fingerprint density at radius 3 is 2.66 bits per heavy atom. The van der Waals surface area contributed by atoms with Gasteiger partial charge in [0.05, 0.1) is 19.3 Å². The predicted molar refractivity (Wildman–Crippen MR) is 115 cm³/mol. The molecular formula is C25H26O7. The van der Waals surface area contributed by atoms with E-state index in [1.165, 1.54) is 13.4 Å². The summed E-state index contributed by atoms with van der Waals surface area (Å²) in [6, 6.07) is 14.8. The summed E-state index contributed by atoms with van der Waals surface area (Å²) in [5.74, 6) is -1.11. The summed E-state index contributed by atoms with van der Waals surface area (Å²) in [4.78, 5) is 25.8. The first-order valence-corrected chi connectivity index (χ1v) is 10.7. The summed E-state index contributed by atoms with van der Waals surface area (Å²) >= 11 is 0. The number of methoxy groups -OCH3 is 1. The number of Topliss-reactive ketones (excluding diaryl/α,β-unsaturated/α-hetero) is 1.